The summed E-state index contributed by atoms with van der Waals surface area (Å²) in [4.78, 5) is 17.9. The molecule has 5 nitrogen and oxygen atoms in total. The summed E-state index contributed by atoms with van der Waals surface area (Å²) in [7, 11) is 0. The summed E-state index contributed by atoms with van der Waals surface area (Å²) in [6, 6.07) is 0. The summed E-state index contributed by atoms with van der Waals surface area (Å²) in [5.41, 5.74) is 5.84. The van der Waals surface area contributed by atoms with E-state index in [0.29, 0.717) is 23.8 Å². The molecule has 0 fully saturated rings. The maximum Gasteiger partial charge on any atom is 0.255 e. The minimum absolute atomic E-state index is 0.166. The second-order valence-electron chi connectivity index (χ2n) is 2.80. The average Bonchev–Trinajstić information content (AvgIpc) is 2.10. The molecule has 1 aromatic heterocycles. The molecule has 13 heavy (non-hydrogen) atoms. The standard InChI is InChI=1S/C8H14N4O/c1-3-10-4-6-11-7(9)5(2)8(13)12-6/h10H,3-4H2,1-2H3,(H3,9,11,12,13). The predicted octanol–water partition coefficient (Wildman–Crippen LogP) is -0.230. The van der Waals surface area contributed by atoms with Crippen molar-refractivity contribution in [3.8, 4) is 0 Å². The summed E-state index contributed by atoms with van der Waals surface area (Å²) < 4.78 is 0. The zero-order valence-corrected chi connectivity index (χ0v) is 7.85. The molecule has 5 heteroatoms. The van der Waals surface area contributed by atoms with E-state index in [1.165, 1.54) is 0 Å². The number of rotatable bonds is 3. The van der Waals surface area contributed by atoms with E-state index in [1.54, 1.807) is 6.92 Å². The molecule has 0 saturated carbocycles. The summed E-state index contributed by atoms with van der Waals surface area (Å²) >= 11 is 0. The van der Waals surface area contributed by atoms with Gasteiger partial charge in [0.2, 0.25) is 0 Å². The SMILES string of the molecule is CCNCc1nc(N)c(C)c(=O)[nH]1. The van der Waals surface area contributed by atoms with Gasteiger partial charge in [0.05, 0.1) is 12.1 Å². The van der Waals surface area contributed by atoms with Crippen LogP contribution in [0.1, 0.15) is 18.3 Å². The molecule has 0 unspecified atom stereocenters. The van der Waals surface area contributed by atoms with Crippen molar-refractivity contribution in [2.24, 2.45) is 0 Å². The first-order chi connectivity index (χ1) is 6.15. The van der Waals surface area contributed by atoms with Gasteiger partial charge in [-0.25, -0.2) is 4.98 Å². The van der Waals surface area contributed by atoms with Crippen molar-refractivity contribution >= 4 is 5.82 Å². The molecule has 0 radical (unpaired) electrons. The van der Waals surface area contributed by atoms with E-state index in [2.05, 4.69) is 15.3 Å². The fourth-order valence-corrected chi connectivity index (χ4v) is 0.925. The lowest BCUT2D eigenvalue weighted by atomic mass is 10.3. The summed E-state index contributed by atoms with van der Waals surface area (Å²) in [6.07, 6.45) is 0. The van der Waals surface area contributed by atoms with Crippen molar-refractivity contribution in [3.63, 3.8) is 0 Å². The summed E-state index contributed by atoms with van der Waals surface area (Å²) in [6.45, 7) is 5.00. The molecule has 0 amide bonds. The van der Waals surface area contributed by atoms with Crippen molar-refractivity contribution in [3.05, 3.63) is 21.7 Å². The van der Waals surface area contributed by atoms with Gasteiger partial charge in [-0.2, -0.15) is 0 Å². The fraction of sp³-hybridized carbons (Fsp3) is 0.500. The molecule has 1 rings (SSSR count). The monoisotopic (exact) mass is 182 g/mol. The summed E-state index contributed by atoms with van der Waals surface area (Å²) in [5, 5.41) is 3.05. The Hall–Kier alpha value is -1.36. The van der Waals surface area contributed by atoms with E-state index in [0.717, 1.165) is 6.54 Å². The highest BCUT2D eigenvalue weighted by molar-refractivity contribution is 5.35. The van der Waals surface area contributed by atoms with Gasteiger partial charge in [-0.1, -0.05) is 6.92 Å². The number of nitrogens with one attached hydrogen (secondary N) is 2. The van der Waals surface area contributed by atoms with Crippen LogP contribution in [0, 0.1) is 6.92 Å². The molecule has 1 aromatic rings. The Labute approximate surface area is 76.4 Å². The Morgan fingerprint density at radius 1 is 1.62 bits per heavy atom. The molecule has 4 N–H and O–H groups in total. The highest BCUT2D eigenvalue weighted by Crippen LogP contribution is 1.99. The highest BCUT2D eigenvalue weighted by atomic mass is 16.1. The first-order valence-electron chi connectivity index (χ1n) is 4.21. The number of aromatic amines is 1. The molecular weight excluding hydrogens is 168 g/mol. The van der Waals surface area contributed by atoms with E-state index < -0.39 is 0 Å². The molecule has 0 saturated heterocycles. The van der Waals surface area contributed by atoms with Crippen molar-refractivity contribution in [2.75, 3.05) is 12.3 Å². The molecule has 0 spiro atoms. The van der Waals surface area contributed by atoms with Crippen molar-refractivity contribution in [1.29, 1.82) is 0 Å². The minimum Gasteiger partial charge on any atom is -0.383 e. The summed E-state index contributed by atoms with van der Waals surface area (Å²) in [5.74, 6) is 0.881. The van der Waals surface area contributed by atoms with Crippen LogP contribution in [-0.2, 0) is 6.54 Å². The lowest BCUT2D eigenvalue weighted by molar-refractivity contribution is 0.687. The van der Waals surface area contributed by atoms with Crippen LogP contribution >= 0.6 is 0 Å². The van der Waals surface area contributed by atoms with Crippen LogP contribution in [0.2, 0.25) is 0 Å². The van der Waals surface area contributed by atoms with Gasteiger partial charge in [-0.15, -0.1) is 0 Å². The molecule has 0 aliphatic rings. The molecule has 1 heterocycles. The van der Waals surface area contributed by atoms with Crippen LogP contribution in [0.25, 0.3) is 0 Å². The van der Waals surface area contributed by atoms with Gasteiger partial charge in [-0.05, 0) is 13.5 Å². The van der Waals surface area contributed by atoms with Gasteiger partial charge in [0, 0.05) is 0 Å². The quantitative estimate of drug-likeness (QED) is 0.603. The average molecular weight is 182 g/mol. The molecule has 0 atom stereocenters. The number of nitrogens with zero attached hydrogens (tertiary/aromatic N) is 1. The van der Waals surface area contributed by atoms with Crippen molar-refractivity contribution < 1.29 is 0 Å². The van der Waals surface area contributed by atoms with E-state index >= 15 is 0 Å². The Balaban J connectivity index is 2.93. The van der Waals surface area contributed by atoms with E-state index in [-0.39, 0.29) is 5.56 Å². The number of hydrogen-bond acceptors (Lipinski definition) is 4. The lowest BCUT2D eigenvalue weighted by Gasteiger charge is -2.03. The zero-order chi connectivity index (χ0) is 9.84. The molecular formula is C8H14N4O. The number of nitrogens with two attached hydrogens (primary N) is 1. The van der Waals surface area contributed by atoms with Crippen LogP contribution in [0.5, 0.6) is 0 Å². The Bertz CT molecular complexity index is 344. The number of hydrogen-bond donors (Lipinski definition) is 3. The fourth-order valence-electron chi connectivity index (χ4n) is 0.925. The van der Waals surface area contributed by atoms with Gasteiger partial charge >= 0.3 is 0 Å². The third kappa shape index (κ3) is 2.29. The van der Waals surface area contributed by atoms with Gasteiger partial charge < -0.3 is 16.0 Å². The number of nitrogen functional groups attached to an aromatic ring is 1. The second-order valence-corrected chi connectivity index (χ2v) is 2.80. The smallest absolute Gasteiger partial charge is 0.255 e. The van der Waals surface area contributed by atoms with E-state index in [4.69, 9.17) is 5.73 Å². The Morgan fingerprint density at radius 2 is 2.31 bits per heavy atom. The van der Waals surface area contributed by atoms with Crippen LogP contribution in [0.3, 0.4) is 0 Å². The van der Waals surface area contributed by atoms with Gasteiger partial charge in [0.1, 0.15) is 11.6 Å². The lowest BCUT2D eigenvalue weighted by Crippen LogP contribution is -2.21. The van der Waals surface area contributed by atoms with Crippen molar-refractivity contribution in [2.45, 2.75) is 20.4 Å². The first kappa shape index (κ1) is 9.73. The maximum absolute atomic E-state index is 11.2. The largest absolute Gasteiger partial charge is 0.383 e. The van der Waals surface area contributed by atoms with Crippen molar-refractivity contribution in [1.82, 2.24) is 15.3 Å². The third-order valence-corrected chi connectivity index (χ3v) is 1.78. The van der Waals surface area contributed by atoms with Crippen LogP contribution in [0.4, 0.5) is 5.82 Å². The Kier molecular flexibility index (Phi) is 3.02. The van der Waals surface area contributed by atoms with Crippen LogP contribution in [0.15, 0.2) is 4.79 Å². The van der Waals surface area contributed by atoms with Gasteiger partial charge in [0.15, 0.2) is 0 Å². The highest BCUT2D eigenvalue weighted by Gasteiger charge is 2.02. The molecule has 0 aromatic carbocycles. The van der Waals surface area contributed by atoms with Crippen LogP contribution in [-0.4, -0.2) is 16.5 Å². The topological polar surface area (TPSA) is 83.8 Å². The second kappa shape index (κ2) is 4.04. The molecule has 0 bridgehead atoms. The number of aromatic nitrogens is 2. The zero-order valence-electron chi connectivity index (χ0n) is 7.85. The van der Waals surface area contributed by atoms with Crippen LogP contribution < -0.4 is 16.6 Å². The molecule has 72 valence electrons. The van der Waals surface area contributed by atoms with Gasteiger partial charge in [0.25, 0.3) is 5.56 Å². The first-order valence-corrected chi connectivity index (χ1v) is 4.21. The number of anilines is 1. The maximum atomic E-state index is 11.2. The molecule has 0 aliphatic carbocycles. The van der Waals surface area contributed by atoms with Gasteiger partial charge in [-0.3, -0.25) is 4.79 Å². The van der Waals surface area contributed by atoms with E-state index in [9.17, 15) is 4.79 Å². The number of H-pyrrole nitrogens is 1. The molecule has 0 aliphatic heterocycles. The Morgan fingerprint density at radius 3 is 2.85 bits per heavy atom. The predicted molar refractivity (Wildman–Crippen MR) is 51.4 cm³/mol. The normalized spacial score (nSPS) is 10.3. The van der Waals surface area contributed by atoms with E-state index in [1.807, 2.05) is 6.92 Å². The minimum atomic E-state index is -0.166. The third-order valence-electron chi connectivity index (χ3n) is 1.78.